The molecule has 3 heteroatoms. The molecule has 0 radical (unpaired) electrons. The first-order chi connectivity index (χ1) is 8.43. The minimum absolute atomic E-state index is 0.0805. The average molecular weight is 245 g/mol. The zero-order chi connectivity index (χ0) is 13.5. The van der Waals surface area contributed by atoms with Gasteiger partial charge in [0, 0.05) is 23.8 Å². The molecule has 0 aliphatic carbocycles. The van der Waals surface area contributed by atoms with Gasteiger partial charge in [-0.25, -0.2) is 4.79 Å². The minimum atomic E-state index is -0.287. The van der Waals surface area contributed by atoms with E-state index in [1.165, 1.54) is 18.4 Å². The van der Waals surface area contributed by atoms with Crippen LogP contribution in [0.2, 0.25) is 0 Å². The van der Waals surface area contributed by atoms with E-state index in [1.54, 1.807) is 0 Å². The Balaban J connectivity index is 2.60. The summed E-state index contributed by atoms with van der Waals surface area (Å²) in [6, 6.07) is 5.74. The van der Waals surface area contributed by atoms with Gasteiger partial charge in [0.1, 0.15) is 0 Å². The van der Waals surface area contributed by atoms with Crippen LogP contribution in [0, 0.1) is 0 Å². The lowest BCUT2D eigenvalue weighted by atomic mass is 9.83. The molecule has 0 atom stereocenters. The molecule has 96 valence electrons. The van der Waals surface area contributed by atoms with Crippen molar-refractivity contribution in [2.45, 2.75) is 26.2 Å². The molecule has 2 rings (SSSR count). The van der Waals surface area contributed by atoms with Crippen LogP contribution in [0.4, 0.5) is 5.69 Å². The number of carbonyl (C=O) groups is 1. The Morgan fingerprint density at radius 2 is 2.06 bits per heavy atom. The van der Waals surface area contributed by atoms with Crippen molar-refractivity contribution in [1.29, 1.82) is 0 Å². The number of methoxy groups -OCH3 is 1. The van der Waals surface area contributed by atoms with E-state index in [-0.39, 0.29) is 11.4 Å². The van der Waals surface area contributed by atoms with Crippen molar-refractivity contribution in [3.05, 3.63) is 41.1 Å². The van der Waals surface area contributed by atoms with Gasteiger partial charge in [-0.2, -0.15) is 0 Å². The molecule has 0 spiro atoms. The number of hydrogen-bond acceptors (Lipinski definition) is 3. The largest absolute Gasteiger partial charge is 0.465 e. The average Bonchev–Trinajstić information content (AvgIpc) is 2.55. The number of anilines is 1. The molecule has 1 aliphatic rings. The van der Waals surface area contributed by atoms with Gasteiger partial charge in [0.2, 0.25) is 0 Å². The number of allylic oxidation sites excluding steroid dienone is 2. The number of nitrogens with zero attached hydrogens (tertiary/aromatic N) is 1. The van der Waals surface area contributed by atoms with Crippen molar-refractivity contribution < 1.29 is 9.53 Å². The van der Waals surface area contributed by atoms with Crippen LogP contribution >= 0.6 is 0 Å². The summed E-state index contributed by atoms with van der Waals surface area (Å²) in [5, 5.41) is 0. The fraction of sp³-hybridized carbons (Fsp3) is 0.400. The normalized spacial score (nSPS) is 18.9. The lowest BCUT2D eigenvalue weighted by molar-refractivity contribution is 0.0600. The van der Waals surface area contributed by atoms with Crippen LogP contribution in [-0.2, 0) is 10.2 Å². The highest BCUT2D eigenvalue weighted by atomic mass is 16.5. The third-order valence-corrected chi connectivity index (χ3v) is 3.73. The van der Waals surface area contributed by atoms with Crippen LogP contribution in [0.25, 0.3) is 0 Å². The number of esters is 1. The molecule has 18 heavy (non-hydrogen) atoms. The molecule has 0 bridgehead atoms. The topological polar surface area (TPSA) is 29.5 Å². The van der Waals surface area contributed by atoms with Gasteiger partial charge in [-0.15, -0.1) is 0 Å². The lowest BCUT2D eigenvalue weighted by Crippen LogP contribution is -2.22. The van der Waals surface area contributed by atoms with Gasteiger partial charge in [0.15, 0.2) is 0 Å². The molecule has 0 aromatic heterocycles. The third kappa shape index (κ3) is 1.62. The molecule has 0 amide bonds. The van der Waals surface area contributed by atoms with Crippen LogP contribution in [0.1, 0.15) is 36.7 Å². The smallest absolute Gasteiger partial charge is 0.337 e. The zero-order valence-corrected chi connectivity index (χ0v) is 11.6. The SMILES string of the molecule is CC=C1N(C)c2ccc(C(=O)OC)cc2C1(C)C. The molecule has 0 unspecified atom stereocenters. The molecule has 1 aromatic rings. The summed E-state index contributed by atoms with van der Waals surface area (Å²) in [5.74, 6) is -0.287. The molecule has 1 aromatic carbocycles. The number of hydrogen-bond donors (Lipinski definition) is 0. The van der Waals surface area contributed by atoms with E-state index < -0.39 is 0 Å². The van der Waals surface area contributed by atoms with E-state index >= 15 is 0 Å². The van der Waals surface area contributed by atoms with Gasteiger partial charge in [0.05, 0.1) is 12.7 Å². The number of fused-ring (bicyclic) bond motifs is 1. The maximum atomic E-state index is 11.6. The van der Waals surface area contributed by atoms with Crippen molar-refractivity contribution in [3.8, 4) is 0 Å². The number of ether oxygens (including phenoxy) is 1. The van der Waals surface area contributed by atoms with Crippen LogP contribution in [0.15, 0.2) is 30.0 Å². The molecule has 1 aliphatic heterocycles. The molecule has 1 heterocycles. The van der Waals surface area contributed by atoms with Gasteiger partial charge in [-0.1, -0.05) is 19.9 Å². The predicted octanol–water partition coefficient (Wildman–Crippen LogP) is 3.10. The molecular formula is C15H19NO2. The Kier molecular flexibility index (Phi) is 2.93. The summed E-state index contributed by atoms with van der Waals surface area (Å²) < 4.78 is 4.78. The summed E-state index contributed by atoms with van der Waals surface area (Å²) >= 11 is 0. The van der Waals surface area contributed by atoms with Crippen molar-refractivity contribution in [3.63, 3.8) is 0 Å². The molecule has 0 N–H and O–H groups in total. The summed E-state index contributed by atoms with van der Waals surface area (Å²) in [6.45, 7) is 6.39. The first-order valence-electron chi connectivity index (χ1n) is 6.06. The maximum absolute atomic E-state index is 11.6. The Hall–Kier alpha value is -1.77. The van der Waals surface area contributed by atoms with Gasteiger partial charge >= 0.3 is 5.97 Å². The fourth-order valence-electron chi connectivity index (χ4n) is 2.82. The predicted molar refractivity (Wildman–Crippen MR) is 73.0 cm³/mol. The summed E-state index contributed by atoms with van der Waals surface area (Å²) in [5.41, 5.74) is 4.10. The maximum Gasteiger partial charge on any atom is 0.337 e. The number of benzene rings is 1. The first kappa shape index (κ1) is 12.7. The van der Waals surface area contributed by atoms with Crippen LogP contribution < -0.4 is 4.90 Å². The van der Waals surface area contributed by atoms with E-state index in [0.29, 0.717) is 5.56 Å². The Morgan fingerprint density at radius 3 is 2.61 bits per heavy atom. The minimum Gasteiger partial charge on any atom is -0.465 e. The van der Waals surface area contributed by atoms with E-state index in [9.17, 15) is 4.79 Å². The van der Waals surface area contributed by atoms with Gasteiger partial charge in [-0.05, 0) is 30.7 Å². The molecular weight excluding hydrogens is 226 g/mol. The van der Waals surface area contributed by atoms with E-state index in [4.69, 9.17) is 4.74 Å². The number of likely N-dealkylation sites (N-methyl/N-ethyl adjacent to an activating group) is 1. The second-order valence-electron chi connectivity index (χ2n) is 5.08. The standard InChI is InChI=1S/C15H19NO2/c1-6-13-15(2,3)11-9-10(14(17)18-5)7-8-12(11)16(13)4/h6-9H,1-5H3. The Morgan fingerprint density at radius 1 is 1.39 bits per heavy atom. The molecule has 0 fully saturated rings. The van der Waals surface area contributed by atoms with Gasteiger partial charge < -0.3 is 9.64 Å². The molecule has 0 saturated heterocycles. The monoisotopic (exact) mass is 245 g/mol. The van der Waals surface area contributed by atoms with Crippen molar-refractivity contribution >= 4 is 11.7 Å². The molecule has 0 saturated carbocycles. The first-order valence-corrected chi connectivity index (χ1v) is 6.06. The highest BCUT2D eigenvalue weighted by molar-refractivity contribution is 5.91. The van der Waals surface area contributed by atoms with Crippen molar-refractivity contribution in [1.82, 2.24) is 0 Å². The van der Waals surface area contributed by atoms with E-state index in [0.717, 1.165) is 5.69 Å². The second-order valence-corrected chi connectivity index (χ2v) is 5.08. The number of rotatable bonds is 1. The van der Waals surface area contributed by atoms with Crippen molar-refractivity contribution in [2.75, 3.05) is 19.1 Å². The lowest BCUT2D eigenvalue weighted by Gasteiger charge is -2.23. The quantitative estimate of drug-likeness (QED) is 0.712. The van der Waals surface area contributed by atoms with Gasteiger partial charge in [-0.3, -0.25) is 0 Å². The van der Waals surface area contributed by atoms with Crippen LogP contribution in [-0.4, -0.2) is 20.1 Å². The van der Waals surface area contributed by atoms with Crippen LogP contribution in [0.5, 0.6) is 0 Å². The Labute approximate surface area is 108 Å². The third-order valence-electron chi connectivity index (χ3n) is 3.73. The summed E-state index contributed by atoms with van der Waals surface area (Å²) in [4.78, 5) is 13.8. The highest BCUT2D eigenvalue weighted by Crippen LogP contribution is 2.46. The van der Waals surface area contributed by atoms with Gasteiger partial charge in [0.25, 0.3) is 0 Å². The second kappa shape index (κ2) is 4.16. The molecule has 3 nitrogen and oxygen atoms in total. The fourth-order valence-corrected chi connectivity index (χ4v) is 2.82. The summed E-state index contributed by atoms with van der Waals surface area (Å²) in [6.07, 6.45) is 2.12. The van der Waals surface area contributed by atoms with Crippen molar-refractivity contribution in [2.24, 2.45) is 0 Å². The van der Waals surface area contributed by atoms with E-state index in [1.807, 2.05) is 25.1 Å². The highest BCUT2D eigenvalue weighted by Gasteiger charge is 2.38. The summed E-state index contributed by atoms with van der Waals surface area (Å²) in [7, 11) is 3.46. The van der Waals surface area contributed by atoms with E-state index in [2.05, 4.69) is 31.9 Å². The zero-order valence-electron chi connectivity index (χ0n) is 11.6. The number of carbonyl (C=O) groups excluding carboxylic acids is 1. The Bertz CT molecular complexity index is 529. The van der Waals surface area contributed by atoms with Crippen LogP contribution in [0.3, 0.4) is 0 Å².